The lowest BCUT2D eigenvalue weighted by atomic mass is 10.0. The van der Waals surface area contributed by atoms with E-state index in [1.165, 1.54) is 0 Å². The zero-order chi connectivity index (χ0) is 9.56. The molecule has 0 fully saturated rings. The number of aldehydes is 1. The Morgan fingerprint density at radius 2 is 1.75 bits per heavy atom. The van der Waals surface area contributed by atoms with Crippen molar-refractivity contribution in [2.24, 2.45) is 5.92 Å². The maximum Gasteiger partial charge on any atom is 0.317 e. The quantitative estimate of drug-likeness (QED) is 0.339. The van der Waals surface area contributed by atoms with E-state index in [9.17, 15) is 14.4 Å². The molecule has 0 aromatic carbocycles. The molecule has 0 rings (SSSR count). The average molecular weight is 174 g/mol. The maximum atomic E-state index is 10.3. The third-order valence-corrected chi connectivity index (χ3v) is 1.41. The predicted octanol–water partition coefficient (Wildman–Crippen LogP) is 0.141. The molecule has 0 aromatic rings. The van der Waals surface area contributed by atoms with Crippen LogP contribution in [-0.4, -0.2) is 28.4 Å². The van der Waals surface area contributed by atoms with Crippen LogP contribution < -0.4 is 0 Å². The lowest BCUT2D eigenvalue weighted by Crippen LogP contribution is -2.23. The van der Waals surface area contributed by atoms with Crippen molar-refractivity contribution in [2.45, 2.75) is 19.3 Å². The SMILES string of the molecule is O=CCCCC(C(=O)O)C(=O)O. The molecule has 12 heavy (non-hydrogen) atoms. The highest BCUT2D eigenvalue weighted by Crippen LogP contribution is 2.08. The molecule has 0 amide bonds. The summed E-state index contributed by atoms with van der Waals surface area (Å²) in [6, 6.07) is 0. The number of carbonyl (C=O) groups excluding carboxylic acids is 1. The first kappa shape index (κ1) is 10.6. The van der Waals surface area contributed by atoms with Gasteiger partial charge in [-0.25, -0.2) is 0 Å². The van der Waals surface area contributed by atoms with Crippen LogP contribution in [0.3, 0.4) is 0 Å². The number of unbranched alkanes of at least 4 members (excludes halogenated alkanes) is 1. The summed E-state index contributed by atoms with van der Waals surface area (Å²) in [5.74, 6) is -4.09. The van der Waals surface area contributed by atoms with Crippen LogP contribution in [0.2, 0.25) is 0 Å². The molecule has 0 aliphatic rings. The highest BCUT2D eigenvalue weighted by Gasteiger charge is 2.24. The van der Waals surface area contributed by atoms with Gasteiger partial charge < -0.3 is 15.0 Å². The smallest absolute Gasteiger partial charge is 0.317 e. The number of rotatable bonds is 6. The molecule has 0 bridgehead atoms. The Morgan fingerprint density at radius 1 is 1.25 bits per heavy atom. The van der Waals surface area contributed by atoms with Crippen molar-refractivity contribution in [1.82, 2.24) is 0 Å². The van der Waals surface area contributed by atoms with Crippen molar-refractivity contribution in [2.75, 3.05) is 0 Å². The molecule has 0 aliphatic heterocycles. The average Bonchev–Trinajstić information content (AvgIpc) is 1.96. The van der Waals surface area contributed by atoms with Crippen LogP contribution in [0.4, 0.5) is 0 Å². The third-order valence-electron chi connectivity index (χ3n) is 1.41. The largest absolute Gasteiger partial charge is 0.481 e. The monoisotopic (exact) mass is 174 g/mol. The van der Waals surface area contributed by atoms with Crippen LogP contribution in [0.15, 0.2) is 0 Å². The van der Waals surface area contributed by atoms with E-state index in [-0.39, 0.29) is 12.8 Å². The number of hydrogen-bond acceptors (Lipinski definition) is 3. The normalized spacial score (nSPS) is 9.75. The van der Waals surface area contributed by atoms with Crippen LogP contribution in [0, 0.1) is 5.92 Å². The molecule has 0 atom stereocenters. The molecule has 5 nitrogen and oxygen atoms in total. The molecule has 0 saturated carbocycles. The second kappa shape index (κ2) is 5.29. The number of carbonyl (C=O) groups is 3. The van der Waals surface area contributed by atoms with Gasteiger partial charge in [-0.3, -0.25) is 9.59 Å². The predicted molar refractivity (Wildman–Crippen MR) is 38.7 cm³/mol. The molecule has 0 aromatic heterocycles. The Morgan fingerprint density at radius 3 is 2.08 bits per heavy atom. The molecule has 68 valence electrons. The van der Waals surface area contributed by atoms with Crippen molar-refractivity contribution < 1.29 is 24.6 Å². The van der Waals surface area contributed by atoms with Crippen LogP contribution >= 0.6 is 0 Å². The van der Waals surface area contributed by atoms with Gasteiger partial charge in [-0.05, 0) is 12.8 Å². The molecule has 0 saturated heterocycles. The summed E-state index contributed by atoms with van der Waals surface area (Å²) < 4.78 is 0. The van der Waals surface area contributed by atoms with Crippen molar-refractivity contribution >= 4 is 18.2 Å². The molecule has 2 N–H and O–H groups in total. The summed E-state index contributed by atoms with van der Waals surface area (Å²) in [5, 5.41) is 16.7. The maximum absolute atomic E-state index is 10.3. The van der Waals surface area contributed by atoms with Gasteiger partial charge in [0.15, 0.2) is 5.92 Å². The van der Waals surface area contributed by atoms with Crippen LogP contribution in [0.5, 0.6) is 0 Å². The van der Waals surface area contributed by atoms with E-state index in [2.05, 4.69) is 0 Å². The first-order chi connectivity index (χ1) is 5.59. The van der Waals surface area contributed by atoms with E-state index in [4.69, 9.17) is 10.2 Å². The Kier molecular flexibility index (Phi) is 4.67. The van der Waals surface area contributed by atoms with Gasteiger partial charge >= 0.3 is 11.9 Å². The molecular weight excluding hydrogens is 164 g/mol. The Balaban J connectivity index is 3.88. The Labute approximate surface area is 69.0 Å². The van der Waals surface area contributed by atoms with Crippen LogP contribution in [0.1, 0.15) is 19.3 Å². The van der Waals surface area contributed by atoms with Gasteiger partial charge in [0.05, 0.1) is 0 Å². The zero-order valence-electron chi connectivity index (χ0n) is 6.40. The van der Waals surface area contributed by atoms with Gasteiger partial charge in [-0.1, -0.05) is 0 Å². The zero-order valence-corrected chi connectivity index (χ0v) is 6.40. The number of carboxylic acids is 2. The first-order valence-electron chi connectivity index (χ1n) is 3.49. The van der Waals surface area contributed by atoms with Gasteiger partial charge in [-0.15, -0.1) is 0 Å². The number of aliphatic carboxylic acids is 2. The van der Waals surface area contributed by atoms with Gasteiger partial charge in [0.1, 0.15) is 6.29 Å². The van der Waals surface area contributed by atoms with Gasteiger partial charge in [0.25, 0.3) is 0 Å². The van der Waals surface area contributed by atoms with Crippen molar-refractivity contribution in [3.8, 4) is 0 Å². The molecule has 0 aliphatic carbocycles. The van der Waals surface area contributed by atoms with E-state index in [0.29, 0.717) is 12.7 Å². The Bertz CT molecular complexity index is 172. The highest BCUT2D eigenvalue weighted by molar-refractivity contribution is 5.92. The van der Waals surface area contributed by atoms with Crippen LogP contribution in [-0.2, 0) is 14.4 Å². The highest BCUT2D eigenvalue weighted by atomic mass is 16.4. The van der Waals surface area contributed by atoms with Gasteiger partial charge in [-0.2, -0.15) is 0 Å². The van der Waals surface area contributed by atoms with E-state index >= 15 is 0 Å². The summed E-state index contributed by atoms with van der Waals surface area (Å²) in [5.41, 5.74) is 0. The van der Waals surface area contributed by atoms with E-state index in [0.717, 1.165) is 0 Å². The van der Waals surface area contributed by atoms with Crippen molar-refractivity contribution in [3.05, 3.63) is 0 Å². The minimum absolute atomic E-state index is 0.00338. The summed E-state index contributed by atoms with van der Waals surface area (Å²) in [7, 11) is 0. The summed E-state index contributed by atoms with van der Waals surface area (Å²) in [6.45, 7) is 0. The minimum Gasteiger partial charge on any atom is -0.481 e. The van der Waals surface area contributed by atoms with Crippen LogP contribution in [0.25, 0.3) is 0 Å². The van der Waals surface area contributed by atoms with Crippen molar-refractivity contribution in [1.29, 1.82) is 0 Å². The van der Waals surface area contributed by atoms with Gasteiger partial charge in [0, 0.05) is 6.42 Å². The Hall–Kier alpha value is -1.39. The third kappa shape index (κ3) is 3.70. The lowest BCUT2D eigenvalue weighted by Gasteiger charge is -2.04. The van der Waals surface area contributed by atoms with E-state index in [1.54, 1.807) is 0 Å². The summed E-state index contributed by atoms with van der Waals surface area (Å²) in [6.07, 6.45) is 1.15. The standard InChI is InChI=1S/C7H10O5/c8-4-2-1-3-5(6(9)10)7(11)12/h4-5H,1-3H2,(H,9,10)(H,11,12). The minimum atomic E-state index is -1.38. The van der Waals surface area contributed by atoms with Gasteiger partial charge in [0.2, 0.25) is 0 Å². The molecule has 0 spiro atoms. The fourth-order valence-corrected chi connectivity index (χ4v) is 0.758. The number of hydrogen-bond donors (Lipinski definition) is 2. The summed E-state index contributed by atoms with van der Waals surface area (Å²) in [4.78, 5) is 30.4. The second-order valence-corrected chi connectivity index (χ2v) is 2.33. The van der Waals surface area contributed by atoms with E-state index < -0.39 is 17.9 Å². The topological polar surface area (TPSA) is 91.7 Å². The van der Waals surface area contributed by atoms with Crippen molar-refractivity contribution in [3.63, 3.8) is 0 Å². The number of carboxylic acid groups (broad SMARTS) is 2. The molecule has 0 heterocycles. The molecule has 5 heteroatoms. The second-order valence-electron chi connectivity index (χ2n) is 2.33. The summed E-state index contributed by atoms with van der Waals surface area (Å²) >= 11 is 0. The first-order valence-corrected chi connectivity index (χ1v) is 3.49. The molecular formula is C7H10O5. The molecule has 0 radical (unpaired) electrons. The fraction of sp³-hybridized carbons (Fsp3) is 0.571. The fourth-order valence-electron chi connectivity index (χ4n) is 0.758. The molecule has 0 unspecified atom stereocenters. The van der Waals surface area contributed by atoms with E-state index in [1.807, 2.05) is 0 Å². The lowest BCUT2D eigenvalue weighted by molar-refractivity contribution is -0.154.